The van der Waals surface area contributed by atoms with Gasteiger partial charge in [-0.25, -0.2) is 9.59 Å². The second-order valence-electron chi connectivity index (χ2n) is 6.06. The third kappa shape index (κ3) is 6.20. The number of hydrogen-bond acceptors (Lipinski definition) is 4. The molecule has 0 fully saturated rings. The van der Waals surface area contributed by atoms with Gasteiger partial charge < -0.3 is 9.47 Å². The topological polar surface area (TPSA) is 52.6 Å². The van der Waals surface area contributed by atoms with E-state index < -0.39 is 0 Å². The van der Waals surface area contributed by atoms with Gasteiger partial charge in [-0.05, 0) is 49.4 Å². The lowest BCUT2D eigenvalue weighted by atomic mass is 10.0. The third-order valence-corrected chi connectivity index (χ3v) is 3.83. The van der Waals surface area contributed by atoms with Crippen LogP contribution >= 0.6 is 0 Å². The van der Waals surface area contributed by atoms with Crippen LogP contribution in [0.15, 0.2) is 66.7 Å². The Morgan fingerprint density at radius 3 is 2.00 bits per heavy atom. The molecule has 0 heterocycles. The Morgan fingerprint density at radius 2 is 1.38 bits per heavy atom. The van der Waals surface area contributed by atoms with Gasteiger partial charge in [-0.15, -0.1) is 0 Å². The molecule has 0 amide bonds. The maximum Gasteiger partial charge on any atom is 0.338 e. The van der Waals surface area contributed by atoms with Crippen LogP contribution in [0.1, 0.15) is 36.5 Å². The highest BCUT2D eigenvalue weighted by Gasteiger charge is 2.07. The van der Waals surface area contributed by atoms with Crippen LogP contribution in [-0.4, -0.2) is 25.2 Å². The number of ether oxygens (including phenoxy) is 2. The highest BCUT2D eigenvalue weighted by Crippen LogP contribution is 2.19. The second kappa shape index (κ2) is 10.2. The van der Waals surface area contributed by atoms with Crippen LogP contribution in [0.4, 0.5) is 0 Å². The zero-order valence-electron chi connectivity index (χ0n) is 15.1. The summed E-state index contributed by atoms with van der Waals surface area (Å²) in [5.41, 5.74) is 3.11. The molecule has 0 aliphatic carbocycles. The van der Waals surface area contributed by atoms with Gasteiger partial charge in [0, 0.05) is 5.57 Å². The summed E-state index contributed by atoms with van der Waals surface area (Å²) >= 11 is 0. The van der Waals surface area contributed by atoms with E-state index in [1.165, 1.54) is 0 Å². The van der Waals surface area contributed by atoms with Crippen molar-refractivity contribution in [3.63, 3.8) is 0 Å². The second-order valence-corrected chi connectivity index (χ2v) is 6.06. The van der Waals surface area contributed by atoms with E-state index in [0.717, 1.165) is 30.4 Å². The summed E-state index contributed by atoms with van der Waals surface area (Å²) in [6.45, 7) is 5.86. The maximum absolute atomic E-state index is 12.0. The van der Waals surface area contributed by atoms with Crippen LogP contribution in [0.5, 0.6) is 0 Å². The van der Waals surface area contributed by atoms with Gasteiger partial charge in [0.2, 0.25) is 0 Å². The van der Waals surface area contributed by atoms with Crippen LogP contribution in [0.2, 0.25) is 0 Å². The van der Waals surface area contributed by atoms with Gasteiger partial charge in [0.05, 0.1) is 18.8 Å². The molecule has 0 saturated heterocycles. The lowest BCUT2D eigenvalue weighted by molar-refractivity contribution is -0.139. The van der Waals surface area contributed by atoms with E-state index in [4.69, 9.17) is 9.47 Å². The molecule has 2 rings (SSSR count). The molecule has 0 radical (unpaired) electrons. The van der Waals surface area contributed by atoms with E-state index in [0.29, 0.717) is 24.4 Å². The molecule has 0 unspecified atom stereocenters. The van der Waals surface area contributed by atoms with Gasteiger partial charge >= 0.3 is 11.9 Å². The van der Waals surface area contributed by atoms with E-state index >= 15 is 0 Å². The summed E-state index contributed by atoms with van der Waals surface area (Å²) in [6.07, 6.45) is 2.30. The van der Waals surface area contributed by atoms with Crippen molar-refractivity contribution >= 4 is 11.9 Å². The predicted molar refractivity (Wildman–Crippen MR) is 102 cm³/mol. The summed E-state index contributed by atoms with van der Waals surface area (Å²) in [5, 5.41) is 0. The van der Waals surface area contributed by atoms with E-state index in [-0.39, 0.29) is 11.9 Å². The summed E-state index contributed by atoms with van der Waals surface area (Å²) in [7, 11) is 0. The van der Waals surface area contributed by atoms with E-state index in [1.807, 2.05) is 42.5 Å². The first-order chi connectivity index (χ1) is 12.6. The van der Waals surface area contributed by atoms with Gasteiger partial charge in [-0.1, -0.05) is 49.0 Å². The summed E-state index contributed by atoms with van der Waals surface area (Å²) in [6, 6.07) is 17.4. The fraction of sp³-hybridized carbons (Fsp3) is 0.273. The van der Waals surface area contributed by atoms with E-state index in [1.54, 1.807) is 19.1 Å². The molecule has 0 N–H and O–H groups in total. The molecular weight excluding hydrogens is 328 g/mol. The van der Waals surface area contributed by atoms with Gasteiger partial charge in [0.25, 0.3) is 0 Å². The number of hydrogen-bond donors (Lipinski definition) is 0. The largest absolute Gasteiger partial charge is 0.462 e. The Hall–Kier alpha value is -2.88. The zero-order chi connectivity index (χ0) is 18.8. The van der Waals surface area contributed by atoms with E-state index in [9.17, 15) is 9.59 Å². The van der Waals surface area contributed by atoms with Crippen molar-refractivity contribution in [1.29, 1.82) is 0 Å². The van der Waals surface area contributed by atoms with Crippen LogP contribution < -0.4 is 0 Å². The van der Waals surface area contributed by atoms with Crippen LogP contribution in [-0.2, 0) is 14.3 Å². The molecule has 4 heteroatoms. The highest BCUT2D eigenvalue weighted by atomic mass is 16.5. The van der Waals surface area contributed by atoms with Gasteiger partial charge in [-0.3, -0.25) is 0 Å². The van der Waals surface area contributed by atoms with Crippen molar-refractivity contribution < 1.29 is 19.1 Å². The number of esters is 2. The molecule has 4 nitrogen and oxygen atoms in total. The summed E-state index contributed by atoms with van der Waals surface area (Å²) in [4.78, 5) is 23.2. The van der Waals surface area contributed by atoms with E-state index in [2.05, 4.69) is 6.58 Å². The van der Waals surface area contributed by atoms with Crippen molar-refractivity contribution in [3.05, 3.63) is 72.3 Å². The minimum Gasteiger partial charge on any atom is -0.462 e. The normalized spacial score (nSPS) is 10.2. The van der Waals surface area contributed by atoms with Crippen molar-refractivity contribution in [3.8, 4) is 11.1 Å². The average Bonchev–Trinajstić information content (AvgIpc) is 2.67. The molecule has 2 aromatic carbocycles. The number of rotatable bonds is 9. The van der Waals surface area contributed by atoms with Gasteiger partial charge in [0.1, 0.15) is 0 Å². The lowest BCUT2D eigenvalue weighted by Gasteiger charge is -2.07. The van der Waals surface area contributed by atoms with Crippen molar-refractivity contribution in [2.45, 2.75) is 26.2 Å². The molecule has 0 aliphatic rings. The summed E-state index contributed by atoms with van der Waals surface area (Å²) < 4.78 is 10.3. The van der Waals surface area contributed by atoms with Crippen molar-refractivity contribution in [2.24, 2.45) is 0 Å². The van der Waals surface area contributed by atoms with Crippen LogP contribution in [0.3, 0.4) is 0 Å². The highest BCUT2D eigenvalue weighted by molar-refractivity contribution is 5.90. The minimum atomic E-state index is -0.365. The van der Waals surface area contributed by atoms with Crippen LogP contribution in [0, 0.1) is 0 Å². The van der Waals surface area contributed by atoms with Crippen molar-refractivity contribution in [2.75, 3.05) is 13.2 Å². The predicted octanol–water partition coefficient (Wildman–Crippen LogP) is 4.80. The van der Waals surface area contributed by atoms with Crippen LogP contribution in [0.25, 0.3) is 11.1 Å². The Morgan fingerprint density at radius 1 is 0.808 bits per heavy atom. The number of carbonyl (C=O) groups excluding carboxylic acids is 2. The quantitative estimate of drug-likeness (QED) is 0.369. The number of benzene rings is 2. The first kappa shape index (κ1) is 19.4. The molecule has 0 aromatic heterocycles. The Bertz CT molecular complexity index is 732. The molecular formula is C22H24O4. The molecule has 0 bridgehead atoms. The smallest absolute Gasteiger partial charge is 0.338 e. The SMILES string of the molecule is C=C(C)C(=O)OCCCCCOC(=O)c1ccc(-c2ccccc2)cc1. The maximum atomic E-state index is 12.0. The average molecular weight is 352 g/mol. The zero-order valence-corrected chi connectivity index (χ0v) is 15.1. The minimum absolute atomic E-state index is 0.321. The van der Waals surface area contributed by atoms with Gasteiger partial charge in [-0.2, -0.15) is 0 Å². The molecule has 0 spiro atoms. The number of carbonyl (C=O) groups is 2. The lowest BCUT2D eigenvalue weighted by Crippen LogP contribution is -2.08. The molecule has 0 saturated carbocycles. The first-order valence-corrected chi connectivity index (χ1v) is 8.73. The number of unbranched alkanes of at least 4 members (excludes halogenated alkanes) is 2. The van der Waals surface area contributed by atoms with Gasteiger partial charge in [0.15, 0.2) is 0 Å². The fourth-order valence-electron chi connectivity index (χ4n) is 2.35. The molecule has 0 aliphatic heterocycles. The Labute approximate surface area is 154 Å². The first-order valence-electron chi connectivity index (χ1n) is 8.73. The molecule has 136 valence electrons. The Kier molecular flexibility index (Phi) is 7.62. The molecule has 26 heavy (non-hydrogen) atoms. The fourth-order valence-corrected chi connectivity index (χ4v) is 2.35. The molecule has 0 atom stereocenters. The molecule has 2 aromatic rings. The summed E-state index contributed by atoms with van der Waals surface area (Å²) in [5.74, 6) is -0.686. The standard InChI is InChI=1S/C22H24O4/c1-17(2)21(23)25-15-7-4-8-16-26-22(24)20-13-11-19(12-14-20)18-9-5-3-6-10-18/h3,5-6,9-14H,1,4,7-8,15-16H2,2H3. The Balaban J connectivity index is 1.67. The van der Waals surface area contributed by atoms with Crippen molar-refractivity contribution in [1.82, 2.24) is 0 Å². The monoisotopic (exact) mass is 352 g/mol. The third-order valence-electron chi connectivity index (χ3n) is 3.83.